The molecule has 39 heavy (non-hydrogen) atoms. The van der Waals surface area contributed by atoms with Crippen LogP contribution in [0.2, 0.25) is 0 Å². The van der Waals surface area contributed by atoms with E-state index < -0.39 is 36.9 Å². The van der Waals surface area contributed by atoms with Gasteiger partial charge in [-0.25, -0.2) is 19.7 Å². The monoisotopic (exact) mass is 537 g/mol. The molecule has 13 heteroatoms. The molecule has 3 aromatic rings. The smallest absolute Gasteiger partial charge is 0.320 e. The van der Waals surface area contributed by atoms with Gasteiger partial charge in [0.1, 0.15) is 24.6 Å². The summed E-state index contributed by atoms with van der Waals surface area (Å²) in [5.41, 5.74) is 1.89. The molecule has 3 N–H and O–H groups in total. The molecular formula is C26H31N7O6. The summed E-state index contributed by atoms with van der Waals surface area (Å²) in [6.45, 7) is 4.74. The van der Waals surface area contributed by atoms with Gasteiger partial charge in [-0.1, -0.05) is 36.4 Å². The minimum absolute atomic E-state index is 0.0457. The van der Waals surface area contributed by atoms with Crippen LogP contribution < -0.4 is 16.0 Å². The van der Waals surface area contributed by atoms with E-state index in [-0.39, 0.29) is 18.3 Å². The Balaban J connectivity index is 1.37. The largest absolute Gasteiger partial charge is 0.465 e. The SMILES string of the molecule is CCNC(=O)Nc1ncnc2c1ncn2C1OC(CNCC(=O)OCC)C2O[C@H](/C=C/c3ccccc3)OC21. The molecule has 2 aliphatic rings. The van der Waals surface area contributed by atoms with E-state index in [4.69, 9.17) is 18.9 Å². The molecule has 2 aliphatic heterocycles. The Hall–Kier alpha value is -3.91. The molecule has 1 aromatic carbocycles. The maximum atomic E-state index is 12.1. The molecule has 206 valence electrons. The quantitative estimate of drug-likeness (QED) is 0.327. The molecule has 5 atom stereocenters. The van der Waals surface area contributed by atoms with Gasteiger partial charge in [-0.3, -0.25) is 14.7 Å². The fraction of sp³-hybridized carbons (Fsp3) is 0.423. The fourth-order valence-corrected chi connectivity index (χ4v) is 4.56. The number of rotatable bonds is 10. The first kappa shape index (κ1) is 26.7. The normalized spacial score (nSPS) is 24.2. The van der Waals surface area contributed by atoms with Crippen LogP contribution in [-0.2, 0) is 23.7 Å². The van der Waals surface area contributed by atoms with Crippen LogP contribution >= 0.6 is 0 Å². The Kier molecular flexibility index (Phi) is 8.42. The number of carbonyl (C=O) groups is 2. The van der Waals surface area contributed by atoms with Crippen molar-refractivity contribution >= 4 is 35.1 Å². The number of nitrogens with zero attached hydrogens (tertiary/aromatic N) is 4. The summed E-state index contributed by atoms with van der Waals surface area (Å²) in [5, 5.41) is 8.45. The maximum Gasteiger partial charge on any atom is 0.320 e. The first-order chi connectivity index (χ1) is 19.1. The number of amides is 2. The number of carbonyl (C=O) groups excluding carboxylic acids is 2. The Labute approximate surface area is 224 Å². The van der Waals surface area contributed by atoms with Gasteiger partial charge < -0.3 is 29.6 Å². The zero-order valence-electron chi connectivity index (χ0n) is 21.6. The molecule has 5 rings (SSSR count). The second-order valence-corrected chi connectivity index (χ2v) is 8.87. The summed E-state index contributed by atoms with van der Waals surface area (Å²) in [4.78, 5) is 36.9. The van der Waals surface area contributed by atoms with Gasteiger partial charge >= 0.3 is 12.0 Å². The van der Waals surface area contributed by atoms with Gasteiger partial charge in [0.05, 0.1) is 19.5 Å². The first-order valence-electron chi connectivity index (χ1n) is 12.9. The number of benzene rings is 1. The van der Waals surface area contributed by atoms with Crippen LogP contribution in [0.25, 0.3) is 17.2 Å². The van der Waals surface area contributed by atoms with Crippen molar-refractivity contribution in [1.82, 2.24) is 30.2 Å². The number of esters is 1. The number of aromatic nitrogens is 4. The average molecular weight is 538 g/mol. The lowest BCUT2D eigenvalue weighted by molar-refractivity contribution is -0.142. The van der Waals surface area contributed by atoms with Gasteiger partial charge in [-0.15, -0.1) is 0 Å². The molecule has 0 spiro atoms. The molecule has 0 saturated carbocycles. The van der Waals surface area contributed by atoms with E-state index in [1.54, 1.807) is 17.8 Å². The third-order valence-electron chi connectivity index (χ3n) is 6.24. The Morgan fingerprint density at radius 1 is 1.08 bits per heavy atom. The maximum absolute atomic E-state index is 12.1. The molecule has 2 saturated heterocycles. The zero-order valence-corrected chi connectivity index (χ0v) is 21.6. The second kappa shape index (κ2) is 12.3. The number of fused-ring (bicyclic) bond motifs is 2. The average Bonchev–Trinajstić information content (AvgIpc) is 3.63. The van der Waals surface area contributed by atoms with E-state index >= 15 is 0 Å². The molecule has 0 aliphatic carbocycles. The molecule has 0 radical (unpaired) electrons. The number of anilines is 1. The lowest BCUT2D eigenvalue weighted by atomic mass is 10.1. The standard InChI is InChI=1S/C26H31N7O6/c1-3-28-26(35)32-23-20-24(30-14-29-23)33(15-31-20)25-22-21(17(37-25)12-27-13-18(34)36-4-2)38-19(39-22)11-10-16-8-6-5-7-9-16/h5-11,14-15,17,19,21-22,25,27H,3-4,12-13H2,1-2H3,(H2,28,29,30,32,35)/b11-10+/t17?,19-,21?,22?,25?/m0/s1. The van der Waals surface area contributed by atoms with E-state index in [0.29, 0.717) is 30.9 Å². The van der Waals surface area contributed by atoms with E-state index in [2.05, 4.69) is 30.9 Å². The van der Waals surface area contributed by atoms with Crippen LogP contribution in [0.15, 0.2) is 49.1 Å². The minimum atomic E-state index is -0.628. The van der Waals surface area contributed by atoms with Crippen molar-refractivity contribution in [3.05, 3.63) is 54.6 Å². The van der Waals surface area contributed by atoms with Gasteiger partial charge in [0, 0.05) is 13.1 Å². The van der Waals surface area contributed by atoms with Crippen LogP contribution in [0.4, 0.5) is 10.6 Å². The Bertz CT molecular complexity index is 1320. The van der Waals surface area contributed by atoms with Crippen molar-refractivity contribution in [3.63, 3.8) is 0 Å². The topological polar surface area (TPSA) is 151 Å². The molecular weight excluding hydrogens is 506 g/mol. The van der Waals surface area contributed by atoms with Crippen molar-refractivity contribution in [2.45, 2.75) is 44.7 Å². The molecule has 4 heterocycles. The van der Waals surface area contributed by atoms with Crippen molar-refractivity contribution in [2.24, 2.45) is 0 Å². The molecule has 0 bridgehead atoms. The highest BCUT2D eigenvalue weighted by atomic mass is 16.8. The molecule has 2 amide bonds. The number of urea groups is 1. The first-order valence-corrected chi connectivity index (χ1v) is 12.9. The van der Waals surface area contributed by atoms with Gasteiger partial charge in [-0.05, 0) is 25.5 Å². The molecule has 4 unspecified atom stereocenters. The summed E-state index contributed by atoms with van der Waals surface area (Å²) < 4.78 is 25.6. The molecule has 2 fully saturated rings. The summed E-state index contributed by atoms with van der Waals surface area (Å²) in [6.07, 6.45) is 4.15. The van der Waals surface area contributed by atoms with Gasteiger partial charge in [0.25, 0.3) is 0 Å². The van der Waals surface area contributed by atoms with Crippen LogP contribution in [0, 0.1) is 0 Å². The van der Waals surface area contributed by atoms with Gasteiger partial charge in [0.15, 0.2) is 29.5 Å². The van der Waals surface area contributed by atoms with E-state index in [1.807, 2.05) is 49.4 Å². The number of hydrogen-bond donors (Lipinski definition) is 3. The van der Waals surface area contributed by atoms with E-state index in [1.165, 1.54) is 6.33 Å². The van der Waals surface area contributed by atoms with Crippen molar-refractivity contribution in [3.8, 4) is 0 Å². The van der Waals surface area contributed by atoms with E-state index in [9.17, 15) is 9.59 Å². The Morgan fingerprint density at radius 3 is 2.69 bits per heavy atom. The highest BCUT2D eigenvalue weighted by Crippen LogP contribution is 2.40. The fourth-order valence-electron chi connectivity index (χ4n) is 4.56. The molecule has 13 nitrogen and oxygen atoms in total. The third-order valence-corrected chi connectivity index (χ3v) is 6.24. The van der Waals surface area contributed by atoms with Crippen molar-refractivity contribution < 1.29 is 28.5 Å². The second-order valence-electron chi connectivity index (χ2n) is 8.87. The van der Waals surface area contributed by atoms with Gasteiger partial charge in [0.2, 0.25) is 0 Å². The predicted molar refractivity (Wildman–Crippen MR) is 140 cm³/mol. The summed E-state index contributed by atoms with van der Waals surface area (Å²) in [7, 11) is 0. The number of imidazole rings is 1. The summed E-state index contributed by atoms with van der Waals surface area (Å²) >= 11 is 0. The highest BCUT2D eigenvalue weighted by molar-refractivity contribution is 5.95. The predicted octanol–water partition coefficient (Wildman–Crippen LogP) is 1.84. The van der Waals surface area contributed by atoms with Crippen LogP contribution in [0.3, 0.4) is 0 Å². The lowest BCUT2D eigenvalue weighted by Crippen LogP contribution is -2.38. The minimum Gasteiger partial charge on any atom is -0.465 e. The Morgan fingerprint density at radius 2 is 1.90 bits per heavy atom. The molecule has 2 aromatic heterocycles. The summed E-state index contributed by atoms with van der Waals surface area (Å²) in [5.74, 6) is -0.0699. The highest BCUT2D eigenvalue weighted by Gasteiger charge is 2.53. The van der Waals surface area contributed by atoms with Crippen molar-refractivity contribution in [1.29, 1.82) is 0 Å². The number of hydrogen-bond acceptors (Lipinski definition) is 10. The third kappa shape index (κ3) is 6.06. The van der Waals surface area contributed by atoms with Gasteiger partial charge in [-0.2, -0.15) is 0 Å². The zero-order chi connectivity index (χ0) is 27.2. The summed E-state index contributed by atoms with van der Waals surface area (Å²) in [6, 6.07) is 9.46. The number of nitrogens with one attached hydrogen (secondary N) is 3. The van der Waals surface area contributed by atoms with Crippen LogP contribution in [0.5, 0.6) is 0 Å². The van der Waals surface area contributed by atoms with E-state index in [0.717, 1.165) is 5.56 Å². The van der Waals surface area contributed by atoms with Crippen molar-refractivity contribution in [2.75, 3.05) is 31.6 Å². The van der Waals surface area contributed by atoms with Crippen LogP contribution in [0.1, 0.15) is 25.6 Å². The van der Waals surface area contributed by atoms with Crippen LogP contribution in [-0.4, -0.2) is 82.4 Å². The lowest BCUT2D eigenvalue weighted by Gasteiger charge is -2.20. The number of ether oxygens (including phenoxy) is 4.